The normalized spacial score (nSPS) is 19.4. The Balaban J connectivity index is 0.00000166. The highest BCUT2D eigenvalue weighted by Gasteiger charge is 2.34. The van der Waals surface area contributed by atoms with E-state index in [1.807, 2.05) is 51.1 Å². The summed E-state index contributed by atoms with van der Waals surface area (Å²) in [5, 5.41) is 6.65. The Morgan fingerprint density at radius 2 is 1.81 bits per heavy atom. The zero-order valence-corrected chi connectivity index (χ0v) is 19.7. The van der Waals surface area contributed by atoms with Crippen molar-refractivity contribution < 1.29 is 9.53 Å². The summed E-state index contributed by atoms with van der Waals surface area (Å²) in [5.74, 6) is 1.08. The topological polar surface area (TPSA) is 76.4 Å². The van der Waals surface area contributed by atoms with Crippen molar-refractivity contribution in [1.29, 1.82) is 0 Å². The van der Waals surface area contributed by atoms with Crippen LogP contribution in [0.5, 0.6) is 5.75 Å². The molecule has 31 heavy (non-hydrogen) atoms. The second-order valence-electron chi connectivity index (χ2n) is 7.63. The van der Waals surface area contributed by atoms with Gasteiger partial charge in [0, 0.05) is 29.8 Å². The monoisotopic (exact) mass is 425 g/mol. The number of ether oxygens (including phenoxy) is 1. The van der Waals surface area contributed by atoms with Gasteiger partial charge in [0.1, 0.15) is 5.75 Å². The number of fused-ring (bicyclic) bond motifs is 1. The predicted octanol–water partition coefficient (Wildman–Crippen LogP) is 5.83. The second-order valence-corrected chi connectivity index (χ2v) is 7.63. The zero-order valence-electron chi connectivity index (χ0n) is 19.7. The Kier molecular flexibility index (Phi) is 9.86. The van der Waals surface area contributed by atoms with Crippen LogP contribution in [0.15, 0.2) is 42.5 Å². The Hall–Kier alpha value is -2.53. The summed E-state index contributed by atoms with van der Waals surface area (Å²) >= 11 is 0. The first kappa shape index (κ1) is 24.7. The third-order valence-electron chi connectivity index (χ3n) is 5.71. The van der Waals surface area contributed by atoms with Crippen LogP contribution in [0.1, 0.15) is 87.4 Å². The molecule has 170 valence electrons. The maximum absolute atomic E-state index is 12.4. The van der Waals surface area contributed by atoms with Crippen LogP contribution in [0.2, 0.25) is 0 Å². The molecular weight excluding hydrogens is 386 g/mol. The van der Waals surface area contributed by atoms with E-state index in [1.165, 1.54) is 5.56 Å². The fourth-order valence-corrected chi connectivity index (χ4v) is 4.06. The number of carbonyl (C=O) groups is 1. The van der Waals surface area contributed by atoms with E-state index >= 15 is 0 Å². The molecule has 3 unspecified atom stereocenters. The van der Waals surface area contributed by atoms with Crippen LogP contribution in [0, 0.1) is 5.92 Å². The average molecular weight is 426 g/mol. The molecule has 0 fully saturated rings. The van der Waals surface area contributed by atoms with Gasteiger partial charge < -0.3 is 21.1 Å². The van der Waals surface area contributed by atoms with Crippen LogP contribution in [-0.4, -0.2) is 19.1 Å². The summed E-state index contributed by atoms with van der Waals surface area (Å²) in [6.07, 6.45) is 2.99. The van der Waals surface area contributed by atoms with E-state index in [0.717, 1.165) is 36.3 Å². The lowest BCUT2D eigenvalue weighted by Crippen LogP contribution is -2.36. The first-order chi connectivity index (χ1) is 15.1. The molecular formula is C26H39N3O2. The van der Waals surface area contributed by atoms with Crippen molar-refractivity contribution in [3.8, 4) is 5.75 Å². The van der Waals surface area contributed by atoms with Crippen LogP contribution in [0.25, 0.3) is 0 Å². The van der Waals surface area contributed by atoms with Crippen molar-refractivity contribution in [3.05, 3.63) is 59.2 Å². The molecule has 2 aromatic carbocycles. The van der Waals surface area contributed by atoms with Gasteiger partial charge in [-0.25, -0.2) is 0 Å². The van der Waals surface area contributed by atoms with Gasteiger partial charge >= 0.3 is 0 Å². The van der Waals surface area contributed by atoms with Crippen LogP contribution < -0.4 is 21.1 Å². The molecule has 1 amide bonds. The van der Waals surface area contributed by atoms with Gasteiger partial charge in [-0.05, 0) is 61.2 Å². The van der Waals surface area contributed by atoms with Gasteiger partial charge in [-0.2, -0.15) is 0 Å². The highest BCUT2D eigenvalue weighted by atomic mass is 16.5. The van der Waals surface area contributed by atoms with Crippen LogP contribution in [-0.2, 0) is 0 Å². The van der Waals surface area contributed by atoms with Crippen molar-refractivity contribution in [2.24, 2.45) is 11.7 Å². The maximum Gasteiger partial charge on any atom is 0.251 e. The molecule has 0 aliphatic carbocycles. The largest absolute Gasteiger partial charge is 0.494 e. The molecule has 0 saturated heterocycles. The number of hydrogen-bond donors (Lipinski definition) is 3. The zero-order chi connectivity index (χ0) is 22.8. The Labute approximate surface area is 187 Å². The Bertz CT molecular complexity index is 820. The second kappa shape index (κ2) is 12.4. The highest BCUT2D eigenvalue weighted by molar-refractivity contribution is 5.95. The van der Waals surface area contributed by atoms with E-state index in [0.29, 0.717) is 18.7 Å². The number of amides is 1. The standard InChI is InChI=1S/C24H33N3O2.C2H6/c1-4-7-14-26-24(28)17-10-13-21-20(15-17)22(25)19(5-2)23(27-21)16-8-11-18(12-9-16)29-6-3;1-2/h8-13,15,19,22-23,27H,4-7,14,25H2,1-3H3,(H,26,28);1-2H3. The lowest BCUT2D eigenvalue weighted by Gasteiger charge is -2.39. The van der Waals surface area contributed by atoms with Gasteiger partial charge in [-0.3, -0.25) is 4.79 Å². The molecule has 0 radical (unpaired) electrons. The first-order valence-corrected chi connectivity index (χ1v) is 11.8. The third kappa shape index (κ3) is 6.01. The van der Waals surface area contributed by atoms with Crippen molar-refractivity contribution in [1.82, 2.24) is 5.32 Å². The van der Waals surface area contributed by atoms with E-state index in [9.17, 15) is 4.79 Å². The van der Waals surface area contributed by atoms with E-state index in [4.69, 9.17) is 10.5 Å². The summed E-state index contributed by atoms with van der Waals surface area (Å²) in [4.78, 5) is 12.4. The van der Waals surface area contributed by atoms with Gasteiger partial charge in [0.05, 0.1) is 12.6 Å². The van der Waals surface area contributed by atoms with Crippen LogP contribution in [0.4, 0.5) is 5.69 Å². The number of benzene rings is 2. The van der Waals surface area contributed by atoms with Crippen molar-refractivity contribution >= 4 is 11.6 Å². The Morgan fingerprint density at radius 3 is 2.42 bits per heavy atom. The summed E-state index contributed by atoms with van der Waals surface area (Å²) in [6, 6.07) is 14.1. The predicted molar refractivity (Wildman–Crippen MR) is 130 cm³/mol. The highest BCUT2D eigenvalue weighted by Crippen LogP contribution is 2.44. The molecule has 1 heterocycles. The van der Waals surface area contributed by atoms with Gasteiger partial charge in [-0.15, -0.1) is 0 Å². The number of unbranched alkanes of at least 4 members (excludes halogenated alkanes) is 1. The fourth-order valence-electron chi connectivity index (χ4n) is 4.06. The fraction of sp³-hybridized carbons (Fsp3) is 0.500. The molecule has 3 rings (SSSR count). The summed E-state index contributed by atoms with van der Waals surface area (Å²) in [7, 11) is 0. The summed E-state index contributed by atoms with van der Waals surface area (Å²) in [5.41, 5.74) is 10.6. The molecule has 4 N–H and O–H groups in total. The lowest BCUT2D eigenvalue weighted by atomic mass is 9.78. The SMILES string of the molecule is CC.CCCCNC(=O)c1ccc2c(c1)C(N)C(CC)C(c1ccc(OCC)cc1)N2. The molecule has 0 aromatic heterocycles. The molecule has 5 heteroatoms. The number of nitrogens with two attached hydrogens (primary N) is 1. The van der Waals surface area contributed by atoms with Gasteiger partial charge in [0.15, 0.2) is 0 Å². The summed E-state index contributed by atoms with van der Waals surface area (Å²) < 4.78 is 5.57. The van der Waals surface area contributed by atoms with E-state index in [-0.39, 0.29) is 23.9 Å². The summed E-state index contributed by atoms with van der Waals surface area (Å²) in [6.45, 7) is 11.6. The van der Waals surface area contributed by atoms with Gasteiger partial charge in [0.2, 0.25) is 0 Å². The van der Waals surface area contributed by atoms with E-state index < -0.39 is 0 Å². The minimum absolute atomic E-state index is 0.0323. The van der Waals surface area contributed by atoms with Gasteiger partial charge in [0.25, 0.3) is 5.91 Å². The molecule has 5 nitrogen and oxygen atoms in total. The van der Waals surface area contributed by atoms with E-state index in [1.54, 1.807) is 0 Å². The van der Waals surface area contributed by atoms with Gasteiger partial charge in [-0.1, -0.05) is 46.2 Å². The van der Waals surface area contributed by atoms with E-state index in [2.05, 4.69) is 36.6 Å². The maximum atomic E-state index is 12.4. The minimum atomic E-state index is -0.129. The molecule has 1 aliphatic heterocycles. The molecule has 0 saturated carbocycles. The molecule has 0 spiro atoms. The molecule has 2 aromatic rings. The smallest absolute Gasteiger partial charge is 0.251 e. The number of hydrogen-bond acceptors (Lipinski definition) is 4. The number of rotatable bonds is 8. The number of nitrogens with one attached hydrogen (secondary N) is 2. The quantitative estimate of drug-likeness (QED) is 0.465. The number of carbonyl (C=O) groups excluding carboxylic acids is 1. The molecule has 1 aliphatic rings. The van der Waals surface area contributed by atoms with Crippen molar-refractivity contribution in [2.75, 3.05) is 18.5 Å². The number of anilines is 1. The first-order valence-electron chi connectivity index (χ1n) is 11.8. The average Bonchev–Trinajstić information content (AvgIpc) is 2.81. The minimum Gasteiger partial charge on any atom is -0.494 e. The molecule has 0 bridgehead atoms. The van der Waals surface area contributed by atoms with Crippen LogP contribution >= 0.6 is 0 Å². The molecule has 3 atom stereocenters. The Morgan fingerprint density at radius 1 is 1.10 bits per heavy atom. The van der Waals surface area contributed by atoms with Crippen LogP contribution in [0.3, 0.4) is 0 Å². The lowest BCUT2D eigenvalue weighted by molar-refractivity contribution is 0.0953. The third-order valence-corrected chi connectivity index (χ3v) is 5.71. The van der Waals surface area contributed by atoms with Crippen molar-refractivity contribution in [2.45, 2.75) is 66.0 Å². The van der Waals surface area contributed by atoms with Crippen molar-refractivity contribution in [3.63, 3.8) is 0 Å².